The van der Waals surface area contributed by atoms with Gasteiger partial charge in [-0.25, -0.2) is 0 Å². The van der Waals surface area contributed by atoms with Crippen LogP contribution in [-0.2, 0) is 9.53 Å². The molecule has 0 bridgehead atoms. The number of carbonyl (C=O) groups excluding carboxylic acids is 1. The number of nitrogens with two attached hydrogens (primary N) is 1. The van der Waals surface area contributed by atoms with Gasteiger partial charge in [0.05, 0.1) is 17.1 Å². The molecule has 0 heterocycles. The van der Waals surface area contributed by atoms with Crippen molar-refractivity contribution in [1.82, 2.24) is 0 Å². The number of esters is 1. The summed E-state index contributed by atoms with van der Waals surface area (Å²) in [5, 5.41) is 0. The number of ether oxygens (including phenoxy) is 1. The third-order valence-electron chi connectivity index (χ3n) is 1.76. The largest absolute Gasteiger partial charge is 0.466 e. The molecule has 5 heteroatoms. The lowest BCUT2D eigenvalue weighted by Gasteiger charge is -2.20. The Kier molecular flexibility index (Phi) is 6.64. The van der Waals surface area contributed by atoms with Crippen LogP contribution >= 0.6 is 24.4 Å². The molecule has 0 fully saturated rings. The molecule has 3 nitrogen and oxygen atoms in total. The maximum Gasteiger partial charge on any atom is 0.307 e. The molecule has 0 aliphatic rings. The molecule has 0 aromatic rings. The first-order valence-corrected chi connectivity index (χ1v) is 6.23. The Morgan fingerprint density at radius 1 is 1.71 bits per heavy atom. The van der Waals surface area contributed by atoms with Crippen molar-refractivity contribution in [2.75, 3.05) is 12.9 Å². The molecule has 2 N–H and O–H groups in total. The number of hydrogen-bond acceptors (Lipinski definition) is 5. The van der Waals surface area contributed by atoms with E-state index < -0.39 is 0 Å². The quantitative estimate of drug-likeness (QED) is 0.419. The van der Waals surface area contributed by atoms with E-state index in [0.29, 0.717) is 6.61 Å². The van der Waals surface area contributed by atoms with E-state index >= 15 is 0 Å². The highest BCUT2D eigenvalue weighted by molar-refractivity contribution is 8.11. The summed E-state index contributed by atoms with van der Waals surface area (Å²) in [6, 6.07) is -0.134. The van der Waals surface area contributed by atoms with E-state index in [9.17, 15) is 4.79 Å². The Hall–Kier alpha value is 0.130. The maximum absolute atomic E-state index is 11.1. The van der Waals surface area contributed by atoms with Crippen molar-refractivity contribution in [3.63, 3.8) is 0 Å². The molecule has 84 valence electrons. The highest BCUT2D eigenvalue weighted by atomic mass is 32.2. The lowest BCUT2D eigenvalue weighted by Crippen LogP contribution is -2.22. The van der Waals surface area contributed by atoms with Gasteiger partial charge in [0.25, 0.3) is 0 Å². The first kappa shape index (κ1) is 14.1. The van der Waals surface area contributed by atoms with Crippen molar-refractivity contribution in [1.29, 1.82) is 0 Å². The summed E-state index contributed by atoms with van der Waals surface area (Å²) in [5.74, 6) is -0.231. The zero-order valence-electron chi connectivity index (χ0n) is 8.95. The van der Waals surface area contributed by atoms with Gasteiger partial charge >= 0.3 is 5.97 Å². The second kappa shape index (κ2) is 6.58. The van der Waals surface area contributed by atoms with Gasteiger partial charge in [-0.05, 0) is 20.1 Å². The minimum atomic E-state index is -0.231. The molecule has 0 saturated heterocycles. The Bertz CT molecular complexity index is 184. The first-order chi connectivity index (χ1) is 6.37. The van der Waals surface area contributed by atoms with Crippen LogP contribution in [0.3, 0.4) is 0 Å². The van der Waals surface area contributed by atoms with Crippen molar-refractivity contribution in [3.8, 4) is 0 Å². The minimum Gasteiger partial charge on any atom is -0.466 e. The van der Waals surface area contributed by atoms with E-state index in [2.05, 4.69) is 12.6 Å². The topological polar surface area (TPSA) is 52.3 Å². The van der Waals surface area contributed by atoms with Crippen LogP contribution in [-0.4, -0.2) is 29.0 Å². The number of thioether (sulfide) groups is 1. The van der Waals surface area contributed by atoms with Gasteiger partial charge in [0.1, 0.15) is 0 Å². The minimum absolute atomic E-state index is 0.130. The van der Waals surface area contributed by atoms with Crippen LogP contribution < -0.4 is 5.73 Å². The van der Waals surface area contributed by atoms with Crippen molar-refractivity contribution < 1.29 is 9.53 Å². The van der Waals surface area contributed by atoms with Crippen LogP contribution in [0.25, 0.3) is 0 Å². The van der Waals surface area contributed by atoms with Gasteiger partial charge in [-0.1, -0.05) is 0 Å². The van der Waals surface area contributed by atoms with Gasteiger partial charge in [0.15, 0.2) is 0 Å². The Labute approximate surface area is 95.6 Å². The van der Waals surface area contributed by atoms with Gasteiger partial charge in [-0.2, -0.15) is 12.6 Å². The third-order valence-corrected chi connectivity index (χ3v) is 3.61. The number of thiol groups is 1. The average molecular weight is 237 g/mol. The Morgan fingerprint density at radius 3 is 2.71 bits per heavy atom. The summed E-state index contributed by atoms with van der Waals surface area (Å²) in [6.07, 6.45) is 3.00. The predicted octanol–water partition coefficient (Wildman–Crippen LogP) is 1.67. The summed E-state index contributed by atoms with van der Waals surface area (Å²) in [6.45, 7) is 4.19. The van der Waals surface area contributed by atoms with Crippen LogP contribution in [0.5, 0.6) is 0 Å². The molecule has 0 aliphatic heterocycles. The molecule has 0 amide bonds. The second-order valence-electron chi connectivity index (χ2n) is 3.53. The number of carbonyl (C=O) groups is 1. The Morgan fingerprint density at radius 2 is 2.29 bits per heavy atom. The molecule has 14 heavy (non-hydrogen) atoms. The van der Waals surface area contributed by atoms with E-state index in [0.717, 1.165) is 6.42 Å². The van der Waals surface area contributed by atoms with Crippen LogP contribution in [0.4, 0.5) is 0 Å². The molecule has 0 aromatic carbocycles. The van der Waals surface area contributed by atoms with Gasteiger partial charge < -0.3 is 10.5 Å². The SMILES string of the molecule is CSC(C)(S)CCOC(=O)CC(C)N. The highest BCUT2D eigenvalue weighted by Crippen LogP contribution is 2.29. The van der Waals surface area contributed by atoms with Crippen LogP contribution in [0, 0.1) is 0 Å². The summed E-state index contributed by atoms with van der Waals surface area (Å²) in [7, 11) is 0. The fourth-order valence-electron chi connectivity index (χ4n) is 0.778. The molecule has 0 radical (unpaired) electrons. The summed E-state index contributed by atoms with van der Waals surface area (Å²) >= 11 is 6.05. The van der Waals surface area contributed by atoms with Gasteiger partial charge in [0, 0.05) is 12.5 Å². The third kappa shape index (κ3) is 7.53. The van der Waals surface area contributed by atoms with Crippen LogP contribution in [0.1, 0.15) is 26.7 Å². The standard InChI is InChI=1S/C9H19NO2S2/c1-7(10)6-8(11)12-5-4-9(2,13)14-3/h7,13H,4-6,10H2,1-3H3. The van der Waals surface area contributed by atoms with E-state index in [-0.39, 0.29) is 22.5 Å². The predicted molar refractivity (Wildman–Crippen MR) is 64.7 cm³/mol. The van der Waals surface area contributed by atoms with E-state index in [1.165, 1.54) is 0 Å². The van der Waals surface area contributed by atoms with Crippen LogP contribution in [0.2, 0.25) is 0 Å². The number of rotatable bonds is 6. The maximum atomic E-state index is 11.1. The van der Waals surface area contributed by atoms with Crippen LogP contribution in [0.15, 0.2) is 0 Å². The number of hydrogen-bond donors (Lipinski definition) is 2. The van der Waals surface area contributed by atoms with Crippen molar-refractivity contribution >= 4 is 30.4 Å². The molecule has 0 spiro atoms. The molecule has 0 aliphatic carbocycles. The molecule has 0 saturated carbocycles. The normalized spacial score (nSPS) is 17.2. The summed E-state index contributed by atoms with van der Waals surface area (Å²) in [4.78, 5) is 11.1. The van der Waals surface area contributed by atoms with Gasteiger partial charge in [-0.3, -0.25) is 4.79 Å². The van der Waals surface area contributed by atoms with E-state index in [4.69, 9.17) is 10.5 Å². The molecule has 0 rings (SSSR count). The van der Waals surface area contributed by atoms with Gasteiger partial charge in [-0.15, -0.1) is 11.8 Å². The fourth-order valence-corrected chi connectivity index (χ4v) is 1.16. The smallest absolute Gasteiger partial charge is 0.307 e. The lowest BCUT2D eigenvalue weighted by atomic mass is 10.2. The lowest BCUT2D eigenvalue weighted by molar-refractivity contribution is -0.144. The van der Waals surface area contributed by atoms with Crippen molar-refractivity contribution in [2.24, 2.45) is 5.73 Å². The molecule has 2 atom stereocenters. The van der Waals surface area contributed by atoms with Crippen molar-refractivity contribution in [2.45, 2.75) is 36.8 Å². The monoisotopic (exact) mass is 237 g/mol. The highest BCUT2D eigenvalue weighted by Gasteiger charge is 2.17. The second-order valence-corrected chi connectivity index (χ2v) is 6.13. The average Bonchev–Trinajstić information content (AvgIpc) is 2.02. The van der Waals surface area contributed by atoms with E-state index in [1.807, 2.05) is 13.2 Å². The summed E-state index contributed by atoms with van der Waals surface area (Å²) < 4.78 is 4.88. The molecular weight excluding hydrogens is 218 g/mol. The molecule has 2 unspecified atom stereocenters. The van der Waals surface area contributed by atoms with E-state index in [1.54, 1.807) is 18.7 Å². The Balaban J connectivity index is 3.59. The molecule has 0 aromatic heterocycles. The summed E-state index contributed by atoms with van der Waals surface area (Å²) in [5.41, 5.74) is 5.46. The first-order valence-electron chi connectivity index (χ1n) is 4.56. The zero-order valence-corrected chi connectivity index (χ0v) is 10.7. The molecular formula is C9H19NO2S2. The fraction of sp³-hybridized carbons (Fsp3) is 0.889. The zero-order chi connectivity index (χ0) is 11.2. The van der Waals surface area contributed by atoms with Crippen molar-refractivity contribution in [3.05, 3.63) is 0 Å². The van der Waals surface area contributed by atoms with Gasteiger partial charge in [0.2, 0.25) is 0 Å².